The van der Waals surface area contributed by atoms with Gasteiger partial charge in [-0.2, -0.15) is 0 Å². The van der Waals surface area contributed by atoms with Gasteiger partial charge in [0.1, 0.15) is 5.82 Å². The number of rotatable bonds is 4. The second-order valence-corrected chi connectivity index (χ2v) is 10.9. The quantitative estimate of drug-likeness (QED) is 0.209. The third-order valence-corrected chi connectivity index (χ3v) is 8.50. The van der Waals surface area contributed by atoms with E-state index in [1.54, 1.807) is 12.4 Å². The number of pyridine rings is 2. The van der Waals surface area contributed by atoms with Crippen LogP contribution < -0.4 is 10.6 Å². The minimum absolute atomic E-state index is 0.534. The van der Waals surface area contributed by atoms with Gasteiger partial charge in [-0.1, -0.05) is 48.5 Å². The van der Waals surface area contributed by atoms with E-state index in [0.717, 1.165) is 86.7 Å². The van der Waals surface area contributed by atoms with Crippen molar-refractivity contribution in [2.24, 2.45) is 0 Å². The Hall–Kier alpha value is -5.50. The number of nitrogens with one attached hydrogen (secondary N) is 2. The molecule has 6 aromatic rings. The third-order valence-electron chi connectivity index (χ3n) is 8.50. The highest BCUT2D eigenvalue weighted by atomic mass is 16.4. The number of fused-ring (bicyclic) bond motifs is 6. The molecule has 2 aliphatic rings. The lowest BCUT2D eigenvalue weighted by atomic mass is 9.71. The van der Waals surface area contributed by atoms with Crippen LogP contribution in [0, 0.1) is 0 Å². The van der Waals surface area contributed by atoms with Gasteiger partial charge in [0.2, 0.25) is 0 Å². The number of aromatic nitrogens is 4. The van der Waals surface area contributed by atoms with Gasteiger partial charge < -0.3 is 15.7 Å². The van der Waals surface area contributed by atoms with E-state index in [9.17, 15) is 9.90 Å². The van der Waals surface area contributed by atoms with Crippen molar-refractivity contribution in [3.8, 4) is 39.6 Å². The summed E-state index contributed by atoms with van der Waals surface area (Å²) in [7, 11) is 0. The molecule has 8 nitrogen and oxygen atoms in total. The van der Waals surface area contributed by atoms with Gasteiger partial charge in [-0.3, -0.25) is 9.55 Å². The Bertz CT molecular complexity index is 2010. The number of amides is 1. The average molecular weight is 551 g/mol. The molecular formula is C34H26N6O2. The fourth-order valence-corrected chi connectivity index (χ4v) is 6.29. The lowest BCUT2D eigenvalue weighted by Gasteiger charge is -2.42. The molecule has 8 heteroatoms. The number of benzene rings is 3. The molecule has 1 saturated carbocycles. The van der Waals surface area contributed by atoms with Gasteiger partial charge in [-0.05, 0) is 66.6 Å². The minimum atomic E-state index is -0.996. The van der Waals surface area contributed by atoms with Gasteiger partial charge in [0.15, 0.2) is 5.82 Å². The molecule has 8 rings (SSSR count). The summed E-state index contributed by atoms with van der Waals surface area (Å²) in [6, 6.07) is 28.8. The normalized spacial score (nSPS) is 14.5. The van der Waals surface area contributed by atoms with Gasteiger partial charge in [0, 0.05) is 40.7 Å². The molecule has 1 aliphatic carbocycles. The van der Waals surface area contributed by atoms with Crippen LogP contribution >= 0.6 is 0 Å². The molecule has 1 fully saturated rings. The van der Waals surface area contributed by atoms with Crippen LogP contribution in [0.15, 0.2) is 104 Å². The summed E-state index contributed by atoms with van der Waals surface area (Å²) in [5.74, 6) is 1.56. The van der Waals surface area contributed by atoms with Crippen LogP contribution in [0.25, 0.3) is 50.4 Å². The lowest BCUT2D eigenvalue weighted by Crippen LogP contribution is -2.50. The molecule has 42 heavy (non-hydrogen) atoms. The number of nitrogens with zero attached hydrogens (tertiary/aromatic N) is 4. The number of anilines is 2. The van der Waals surface area contributed by atoms with Crippen molar-refractivity contribution in [2.75, 3.05) is 5.32 Å². The molecule has 0 atom stereocenters. The topological polar surface area (TPSA) is 105 Å². The third kappa shape index (κ3) is 3.76. The molecular weight excluding hydrogens is 524 g/mol. The van der Waals surface area contributed by atoms with Gasteiger partial charge in [0.05, 0.1) is 28.3 Å². The Morgan fingerprint density at radius 2 is 1.74 bits per heavy atom. The Labute approximate surface area is 241 Å². The maximum absolute atomic E-state index is 11.6. The summed E-state index contributed by atoms with van der Waals surface area (Å²) >= 11 is 0. The molecule has 4 heterocycles. The summed E-state index contributed by atoms with van der Waals surface area (Å²) < 4.78 is 2.19. The first-order valence-electron chi connectivity index (χ1n) is 14.0. The number of carbonyl (C=O) groups is 1. The molecule has 0 bridgehead atoms. The molecule has 0 unspecified atom stereocenters. The zero-order chi connectivity index (χ0) is 28.3. The molecule has 0 radical (unpaired) electrons. The zero-order valence-electron chi connectivity index (χ0n) is 22.6. The van der Waals surface area contributed by atoms with Crippen LogP contribution in [0.4, 0.5) is 16.3 Å². The summed E-state index contributed by atoms with van der Waals surface area (Å²) in [6.07, 6.45) is 7.04. The van der Waals surface area contributed by atoms with Gasteiger partial charge in [-0.15, -0.1) is 0 Å². The van der Waals surface area contributed by atoms with Crippen molar-refractivity contribution >= 4 is 28.4 Å². The van der Waals surface area contributed by atoms with Crippen LogP contribution in [-0.2, 0) is 5.54 Å². The standard InChI is InChI=1S/C34H26N6O2/c41-33(42)39-34(15-4-16-34)25-12-10-21(11-13-25)30-29(23-8-9-24-20-35-18-14-22(24)19-23)38-32-26-5-1-2-6-27(26)37-31-28(40(30)32)7-3-17-36-31/h1-3,5-14,17-20,39H,4,15-16H2,(H,36,37)(H,41,42). The second-order valence-electron chi connectivity index (χ2n) is 10.9. The number of imidazole rings is 1. The Kier molecular flexibility index (Phi) is 5.37. The highest BCUT2D eigenvalue weighted by molar-refractivity contribution is 5.93. The zero-order valence-corrected chi connectivity index (χ0v) is 22.6. The Morgan fingerprint density at radius 3 is 2.55 bits per heavy atom. The number of hydrogen-bond acceptors (Lipinski definition) is 5. The minimum Gasteiger partial charge on any atom is -0.465 e. The van der Waals surface area contributed by atoms with Gasteiger partial charge in [-0.25, -0.2) is 14.8 Å². The van der Waals surface area contributed by atoms with Crippen LogP contribution in [-0.4, -0.2) is 30.7 Å². The van der Waals surface area contributed by atoms with Crippen molar-refractivity contribution in [1.82, 2.24) is 24.8 Å². The largest absolute Gasteiger partial charge is 0.465 e. The molecule has 1 aliphatic heterocycles. The second kappa shape index (κ2) is 9.27. The van der Waals surface area contributed by atoms with Crippen molar-refractivity contribution in [3.63, 3.8) is 0 Å². The van der Waals surface area contributed by atoms with E-state index in [4.69, 9.17) is 9.97 Å². The molecule has 0 saturated heterocycles. The van der Waals surface area contributed by atoms with Crippen LogP contribution in [0.1, 0.15) is 24.8 Å². The summed E-state index contributed by atoms with van der Waals surface area (Å²) in [5, 5.41) is 18.0. The fourth-order valence-electron chi connectivity index (χ4n) is 6.29. The number of para-hydroxylation sites is 1. The van der Waals surface area contributed by atoms with Crippen molar-refractivity contribution in [1.29, 1.82) is 0 Å². The van der Waals surface area contributed by atoms with E-state index in [1.165, 1.54) is 0 Å². The average Bonchev–Trinajstić information content (AvgIpc) is 3.33. The van der Waals surface area contributed by atoms with Crippen molar-refractivity contribution < 1.29 is 9.90 Å². The van der Waals surface area contributed by atoms with Crippen LogP contribution in [0.2, 0.25) is 0 Å². The SMILES string of the molecule is O=C(O)NC1(c2ccc(-c3c(-c4ccc5cnccc5c4)nc4n3-c3cccnc3Nc3ccccc3-4)cc2)CCC1. The molecule has 3 N–H and O–H groups in total. The number of carboxylic acid groups (broad SMARTS) is 1. The smallest absolute Gasteiger partial charge is 0.405 e. The predicted octanol–water partition coefficient (Wildman–Crippen LogP) is 7.52. The van der Waals surface area contributed by atoms with E-state index in [1.807, 2.05) is 48.7 Å². The van der Waals surface area contributed by atoms with Crippen molar-refractivity contribution in [2.45, 2.75) is 24.8 Å². The van der Waals surface area contributed by atoms with Crippen molar-refractivity contribution in [3.05, 3.63) is 109 Å². The van der Waals surface area contributed by atoms with E-state index in [0.29, 0.717) is 0 Å². The Morgan fingerprint density at radius 1 is 0.905 bits per heavy atom. The van der Waals surface area contributed by atoms with E-state index in [-0.39, 0.29) is 0 Å². The van der Waals surface area contributed by atoms with E-state index < -0.39 is 11.6 Å². The highest BCUT2D eigenvalue weighted by Gasteiger charge is 2.40. The molecule has 1 amide bonds. The summed E-state index contributed by atoms with van der Waals surface area (Å²) in [4.78, 5) is 25.9. The maximum Gasteiger partial charge on any atom is 0.405 e. The summed E-state index contributed by atoms with van der Waals surface area (Å²) in [6.45, 7) is 0. The number of hydrogen-bond donors (Lipinski definition) is 3. The van der Waals surface area contributed by atoms with Crippen LogP contribution in [0.3, 0.4) is 0 Å². The molecule has 3 aromatic carbocycles. The van der Waals surface area contributed by atoms with Gasteiger partial charge in [0.25, 0.3) is 0 Å². The fraction of sp³-hybridized carbons (Fsp3) is 0.118. The summed E-state index contributed by atoms with van der Waals surface area (Å²) in [5.41, 5.74) is 7.01. The monoisotopic (exact) mass is 550 g/mol. The maximum atomic E-state index is 11.6. The first-order chi connectivity index (χ1) is 20.6. The first kappa shape index (κ1) is 24.3. The molecule has 3 aromatic heterocycles. The lowest BCUT2D eigenvalue weighted by molar-refractivity contribution is 0.144. The highest BCUT2D eigenvalue weighted by Crippen LogP contribution is 2.46. The molecule has 204 valence electrons. The predicted molar refractivity (Wildman–Crippen MR) is 163 cm³/mol. The van der Waals surface area contributed by atoms with E-state index in [2.05, 4.69) is 62.6 Å². The molecule has 0 spiro atoms. The van der Waals surface area contributed by atoms with E-state index >= 15 is 0 Å². The first-order valence-corrected chi connectivity index (χ1v) is 14.0. The van der Waals surface area contributed by atoms with Crippen LogP contribution in [0.5, 0.6) is 0 Å². The van der Waals surface area contributed by atoms with Gasteiger partial charge >= 0.3 is 6.09 Å². The Balaban J connectivity index is 1.39.